The van der Waals surface area contributed by atoms with E-state index in [4.69, 9.17) is 0 Å². The van der Waals surface area contributed by atoms with Gasteiger partial charge in [0, 0.05) is 23.6 Å². The van der Waals surface area contributed by atoms with Crippen molar-refractivity contribution in [2.24, 2.45) is 0 Å². The Morgan fingerprint density at radius 1 is 1.09 bits per heavy atom. The van der Waals surface area contributed by atoms with Gasteiger partial charge in [-0.3, -0.25) is 14.5 Å². The Labute approximate surface area is 147 Å². The van der Waals surface area contributed by atoms with Gasteiger partial charge < -0.3 is 10.2 Å². The Balaban J connectivity index is 2.44. The van der Waals surface area contributed by atoms with Crippen LogP contribution in [-0.4, -0.2) is 54.3 Å². The fourth-order valence-corrected chi connectivity index (χ4v) is 2.33. The fourth-order valence-electron chi connectivity index (χ4n) is 2.07. The van der Waals surface area contributed by atoms with Crippen LogP contribution in [0.15, 0.2) is 28.7 Å². The van der Waals surface area contributed by atoms with Gasteiger partial charge >= 0.3 is 0 Å². The van der Waals surface area contributed by atoms with Crippen molar-refractivity contribution >= 4 is 27.7 Å². The van der Waals surface area contributed by atoms with Crippen LogP contribution in [0, 0.1) is 0 Å². The molecule has 0 spiro atoms. The second-order valence-electron chi connectivity index (χ2n) is 6.85. The predicted molar refractivity (Wildman–Crippen MR) is 96.0 cm³/mol. The van der Waals surface area contributed by atoms with Gasteiger partial charge in [0.25, 0.3) is 0 Å². The van der Waals surface area contributed by atoms with Crippen molar-refractivity contribution in [3.05, 3.63) is 34.3 Å². The highest BCUT2D eigenvalue weighted by molar-refractivity contribution is 9.10. The molecule has 23 heavy (non-hydrogen) atoms. The van der Waals surface area contributed by atoms with Gasteiger partial charge in [0.05, 0.1) is 13.1 Å². The van der Waals surface area contributed by atoms with Crippen LogP contribution < -0.4 is 5.32 Å². The summed E-state index contributed by atoms with van der Waals surface area (Å²) in [5, 5.41) is 2.85. The van der Waals surface area contributed by atoms with Gasteiger partial charge in [-0.1, -0.05) is 28.1 Å². The van der Waals surface area contributed by atoms with E-state index in [2.05, 4.69) is 21.2 Å². The van der Waals surface area contributed by atoms with E-state index in [0.717, 1.165) is 10.0 Å². The van der Waals surface area contributed by atoms with Crippen LogP contribution in [0.5, 0.6) is 0 Å². The normalized spacial score (nSPS) is 11.4. The third-order valence-electron chi connectivity index (χ3n) is 3.09. The molecular formula is C17H26BrN3O2. The summed E-state index contributed by atoms with van der Waals surface area (Å²) in [5.74, 6) is -0.224. The van der Waals surface area contributed by atoms with Gasteiger partial charge in [-0.15, -0.1) is 0 Å². The minimum atomic E-state index is -0.292. The first-order valence-corrected chi connectivity index (χ1v) is 8.34. The topological polar surface area (TPSA) is 52.7 Å². The molecule has 1 aromatic rings. The zero-order valence-electron chi connectivity index (χ0n) is 14.5. The molecule has 0 aliphatic carbocycles. The van der Waals surface area contributed by atoms with Crippen molar-refractivity contribution in [2.75, 3.05) is 27.2 Å². The van der Waals surface area contributed by atoms with E-state index >= 15 is 0 Å². The number of hydrogen-bond acceptors (Lipinski definition) is 3. The van der Waals surface area contributed by atoms with Gasteiger partial charge in [0.15, 0.2) is 0 Å². The first-order valence-electron chi connectivity index (χ1n) is 7.55. The molecule has 0 saturated heterocycles. The molecule has 0 bridgehead atoms. The molecular weight excluding hydrogens is 358 g/mol. The molecule has 0 saturated carbocycles. The minimum Gasteiger partial charge on any atom is -0.350 e. The van der Waals surface area contributed by atoms with Gasteiger partial charge in [0.1, 0.15) is 0 Å². The number of halogens is 1. The van der Waals surface area contributed by atoms with E-state index in [1.165, 1.54) is 4.90 Å². The van der Waals surface area contributed by atoms with Crippen LogP contribution in [0.4, 0.5) is 0 Å². The van der Waals surface area contributed by atoms with Gasteiger partial charge in [-0.25, -0.2) is 0 Å². The summed E-state index contributed by atoms with van der Waals surface area (Å²) < 4.78 is 1.03. The molecule has 5 nitrogen and oxygen atoms in total. The van der Waals surface area contributed by atoms with Gasteiger partial charge in [0.2, 0.25) is 11.8 Å². The van der Waals surface area contributed by atoms with Crippen LogP contribution >= 0.6 is 15.9 Å². The number of amides is 2. The maximum absolute atomic E-state index is 12.2. The zero-order valence-corrected chi connectivity index (χ0v) is 16.1. The van der Waals surface area contributed by atoms with E-state index in [9.17, 15) is 9.59 Å². The molecule has 0 radical (unpaired) electrons. The van der Waals surface area contributed by atoms with Crippen molar-refractivity contribution in [3.8, 4) is 0 Å². The van der Waals surface area contributed by atoms with Crippen molar-refractivity contribution < 1.29 is 9.59 Å². The molecule has 0 unspecified atom stereocenters. The summed E-state index contributed by atoms with van der Waals surface area (Å²) in [6, 6.07) is 8.00. The van der Waals surface area contributed by atoms with Crippen LogP contribution in [0.1, 0.15) is 26.3 Å². The highest BCUT2D eigenvalue weighted by Crippen LogP contribution is 2.11. The van der Waals surface area contributed by atoms with Crippen LogP contribution in [0.3, 0.4) is 0 Å². The molecule has 0 aliphatic rings. The SMILES string of the molecule is CN(CC(=O)N(C)CC(=O)NC(C)(C)C)Cc1ccc(Br)cc1. The van der Waals surface area contributed by atoms with Gasteiger partial charge in [-0.05, 0) is 45.5 Å². The van der Waals surface area contributed by atoms with Crippen molar-refractivity contribution in [2.45, 2.75) is 32.9 Å². The molecule has 6 heteroatoms. The lowest BCUT2D eigenvalue weighted by atomic mass is 10.1. The fraction of sp³-hybridized carbons (Fsp3) is 0.529. The van der Waals surface area contributed by atoms with Gasteiger partial charge in [-0.2, -0.15) is 0 Å². The van der Waals surface area contributed by atoms with E-state index in [0.29, 0.717) is 6.54 Å². The van der Waals surface area contributed by atoms with Crippen molar-refractivity contribution in [1.29, 1.82) is 0 Å². The lowest BCUT2D eigenvalue weighted by molar-refractivity contribution is -0.136. The number of carbonyl (C=O) groups is 2. The molecule has 2 amide bonds. The summed E-state index contributed by atoms with van der Waals surface area (Å²) in [6.07, 6.45) is 0. The summed E-state index contributed by atoms with van der Waals surface area (Å²) >= 11 is 3.40. The number of nitrogens with one attached hydrogen (secondary N) is 1. The first kappa shape index (κ1) is 19.6. The predicted octanol–water partition coefficient (Wildman–Crippen LogP) is 2.25. The highest BCUT2D eigenvalue weighted by atomic mass is 79.9. The second-order valence-corrected chi connectivity index (χ2v) is 7.76. The third-order valence-corrected chi connectivity index (χ3v) is 3.62. The van der Waals surface area contributed by atoms with E-state index in [1.54, 1.807) is 7.05 Å². The van der Waals surface area contributed by atoms with Crippen molar-refractivity contribution in [1.82, 2.24) is 15.1 Å². The number of rotatable bonds is 6. The Hall–Kier alpha value is -1.40. The summed E-state index contributed by atoms with van der Waals surface area (Å²) in [6.45, 7) is 6.77. The smallest absolute Gasteiger partial charge is 0.240 e. The molecule has 1 aromatic carbocycles. The molecule has 0 atom stereocenters. The van der Waals surface area contributed by atoms with Crippen LogP contribution in [0.2, 0.25) is 0 Å². The molecule has 0 aromatic heterocycles. The van der Waals surface area contributed by atoms with E-state index in [1.807, 2.05) is 57.0 Å². The second kappa shape index (κ2) is 8.45. The Kier molecular flexibility index (Phi) is 7.22. The van der Waals surface area contributed by atoms with Crippen LogP contribution in [-0.2, 0) is 16.1 Å². The lowest BCUT2D eigenvalue weighted by Crippen LogP contribution is -2.47. The summed E-state index contributed by atoms with van der Waals surface area (Å²) in [4.78, 5) is 27.4. The minimum absolute atomic E-state index is 0.0717. The number of hydrogen-bond donors (Lipinski definition) is 1. The monoisotopic (exact) mass is 383 g/mol. The molecule has 1 rings (SSSR count). The van der Waals surface area contributed by atoms with Crippen molar-refractivity contribution in [3.63, 3.8) is 0 Å². The Morgan fingerprint density at radius 3 is 2.17 bits per heavy atom. The number of benzene rings is 1. The number of nitrogens with zero attached hydrogens (tertiary/aromatic N) is 2. The Bertz CT molecular complexity index is 538. The maximum Gasteiger partial charge on any atom is 0.240 e. The van der Waals surface area contributed by atoms with Crippen LogP contribution in [0.25, 0.3) is 0 Å². The first-order chi connectivity index (χ1) is 10.6. The summed E-state index contributed by atoms with van der Waals surface area (Å²) in [7, 11) is 3.54. The molecule has 128 valence electrons. The average Bonchev–Trinajstić information content (AvgIpc) is 2.38. The molecule has 0 aliphatic heterocycles. The highest BCUT2D eigenvalue weighted by Gasteiger charge is 2.18. The number of likely N-dealkylation sites (N-methyl/N-ethyl adjacent to an activating group) is 2. The zero-order chi connectivity index (χ0) is 17.6. The van der Waals surface area contributed by atoms with E-state index < -0.39 is 0 Å². The Morgan fingerprint density at radius 2 is 1.65 bits per heavy atom. The lowest BCUT2D eigenvalue weighted by Gasteiger charge is -2.25. The average molecular weight is 384 g/mol. The maximum atomic E-state index is 12.2. The molecule has 0 heterocycles. The number of carbonyl (C=O) groups excluding carboxylic acids is 2. The standard InChI is InChI=1S/C17H26BrN3O2/c1-17(2,3)19-15(22)11-21(5)16(23)12-20(4)10-13-6-8-14(18)9-7-13/h6-9H,10-12H2,1-5H3,(H,19,22). The summed E-state index contributed by atoms with van der Waals surface area (Å²) in [5.41, 5.74) is 0.843. The molecule has 0 fully saturated rings. The van der Waals surface area contributed by atoms with E-state index in [-0.39, 0.29) is 30.4 Å². The largest absolute Gasteiger partial charge is 0.350 e. The molecule has 1 N–H and O–H groups in total. The quantitative estimate of drug-likeness (QED) is 0.819. The third kappa shape index (κ3) is 8.13.